The molecule has 88 valence electrons. The van der Waals surface area contributed by atoms with Crippen LogP contribution < -0.4 is 0 Å². The van der Waals surface area contributed by atoms with Crippen molar-refractivity contribution in [2.75, 3.05) is 0 Å². The summed E-state index contributed by atoms with van der Waals surface area (Å²) in [5.74, 6) is 0.356. The Labute approximate surface area is 103 Å². The van der Waals surface area contributed by atoms with Crippen molar-refractivity contribution >= 4 is 11.4 Å². The first kappa shape index (κ1) is 11.8. The smallest absolute Gasteiger partial charge is 0.137 e. The summed E-state index contributed by atoms with van der Waals surface area (Å²) in [5.41, 5.74) is 4.98. The first-order valence-electron chi connectivity index (χ1n) is 6.09. The van der Waals surface area contributed by atoms with Crippen LogP contribution in [0.25, 0.3) is 5.57 Å². The molecule has 1 nitrogen and oxygen atoms in total. The lowest BCUT2D eigenvalue weighted by atomic mass is 9.84. The third kappa shape index (κ3) is 2.94. The van der Waals surface area contributed by atoms with E-state index in [1.54, 1.807) is 0 Å². The van der Waals surface area contributed by atoms with E-state index >= 15 is 0 Å². The topological polar surface area (TPSA) is 17.1 Å². The van der Waals surface area contributed by atoms with Gasteiger partial charge in [-0.05, 0) is 30.9 Å². The van der Waals surface area contributed by atoms with Crippen LogP contribution in [0.1, 0.15) is 38.2 Å². The molecule has 17 heavy (non-hydrogen) atoms. The lowest BCUT2D eigenvalue weighted by Crippen LogP contribution is -2.09. The Hall–Kier alpha value is -1.63. The molecule has 0 fully saturated rings. The standard InChI is InChI=1S/C16H18O/c1-12(2)10-14-8-9-15(17)11-16(14)13-6-4-3-5-7-13/h3-7H,1,8-11H2,2H3. The molecule has 0 amide bonds. The van der Waals surface area contributed by atoms with Crippen molar-refractivity contribution in [3.05, 3.63) is 53.6 Å². The molecule has 1 aromatic carbocycles. The summed E-state index contributed by atoms with van der Waals surface area (Å²) in [6, 6.07) is 10.2. The normalized spacial score (nSPS) is 16.2. The number of rotatable bonds is 3. The number of carbonyl (C=O) groups is 1. The van der Waals surface area contributed by atoms with E-state index in [0.29, 0.717) is 18.6 Å². The highest BCUT2D eigenvalue weighted by Crippen LogP contribution is 2.33. The zero-order chi connectivity index (χ0) is 12.3. The molecule has 0 bridgehead atoms. The lowest BCUT2D eigenvalue weighted by Gasteiger charge is -2.20. The molecule has 1 aliphatic carbocycles. The molecule has 1 heteroatoms. The molecule has 0 atom stereocenters. The first-order valence-corrected chi connectivity index (χ1v) is 6.09. The first-order chi connectivity index (χ1) is 8.16. The molecule has 0 aliphatic heterocycles. The number of hydrogen-bond acceptors (Lipinski definition) is 1. The number of benzene rings is 1. The number of hydrogen-bond donors (Lipinski definition) is 0. The van der Waals surface area contributed by atoms with Crippen molar-refractivity contribution < 1.29 is 4.79 Å². The average molecular weight is 226 g/mol. The Bertz CT molecular complexity index is 466. The predicted octanol–water partition coefficient (Wildman–Crippen LogP) is 4.16. The van der Waals surface area contributed by atoms with Gasteiger partial charge < -0.3 is 0 Å². The fourth-order valence-electron chi connectivity index (χ4n) is 2.36. The highest BCUT2D eigenvalue weighted by Gasteiger charge is 2.19. The summed E-state index contributed by atoms with van der Waals surface area (Å²) >= 11 is 0. The minimum atomic E-state index is 0.356. The molecule has 0 aromatic heterocycles. The van der Waals surface area contributed by atoms with Crippen LogP contribution in [0, 0.1) is 0 Å². The summed E-state index contributed by atoms with van der Waals surface area (Å²) in [6.07, 6.45) is 3.11. The molecule has 0 saturated carbocycles. The van der Waals surface area contributed by atoms with Gasteiger partial charge in [0, 0.05) is 12.8 Å². The second kappa shape index (κ2) is 5.13. The van der Waals surface area contributed by atoms with Crippen LogP contribution >= 0.6 is 0 Å². The molecule has 1 aliphatic rings. The molecule has 0 unspecified atom stereocenters. The number of Topliss-reactive ketones (excluding diaryl/α,β-unsaturated/α-hetero) is 1. The number of ketones is 1. The second-order valence-electron chi connectivity index (χ2n) is 4.80. The maximum atomic E-state index is 11.6. The number of carbonyl (C=O) groups excluding carboxylic acids is 1. The van der Waals surface area contributed by atoms with Gasteiger partial charge in [-0.2, -0.15) is 0 Å². The van der Waals surface area contributed by atoms with Gasteiger partial charge in [-0.15, -0.1) is 0 Å². The van der Waals surface area contributed by atoms with Gasteiger partial charge in [-0.1, -0.05) is 48.1 Å². The molecular weight excluding hydrogens is 208 g/mol. The van der Waals surface area contributed by atoms with E-state index in [2.05, 4.69) is 18.7 Å². The van der Waals surface area contributed by atoms with Gasteiger partial charge in [-0.25, -0.2) is 0 Å². The summed E-state index contributed by atoms with van der Waals surface area (Å²) < 4.78 is 0. The zero-order valence-electron chi connectivity index (χ0n) is 10.3. The highest BCUT2D eigenvalue weighted by molar-refractivity contribution is 5.93. The number of allylic oxidation sites excluding steroid dienone is 3. The van der Waals surface area contributed by atoms with Gasteiger partial charge >= 0.3 is 0 Å². The van der Waals surface area contributed by atoms with Crippen LogP contribution in [0.4, 0.5) is 0 Å². The molecule has 0 heterocycles. The van der Waals surface area contributed by atoms with E-state index in [1.807, 2.05) is 25.1 Å². The van der Waals surface area contributed by atoms with Gasteiger partial charge in [0.25, 0.3) is 0 Å². The second-order valence-corrected chi connectivity index (χ2v) is 4.80. The zero-order valence-corrected chi connectivity index (χ0v) is 10.3. The van der Waals surface area contributed by atoms with E-state index in [-0.39, 0.29) is 0 Å². The van der Waals surface area contributed by atoms with E-state index in [0.717, 1.165) is 12.8 Å². The summed E-state index contributed by atoms with van der Waals surface area (Å²) in [4.78, 5) is 11.6. The average Bonchev–Trinajstić information content (AvgIpc) is 2.32. The Morgan fingerprint density at radius 1 is 1.24 bits per heavy atom. The predicted molar refractivity (Wildman–Crippen MR) is 71.7 cm³/mol. The highest BCUT2D eigenvalue weighted by atomic mass is 16.1. The van der Waals surface area contributed by atoms with E-state index in [9.17, 15) is 4.79 Å². The minimum absolute atomic E-state index is 0.356. The van der Waals surface area contributed by atoms with Gasteiger partial charge in [0.05, 0.1) is 0 Å². The van der Waals surface area contributed by atoms with Crippen molar-refractivity contribution in [2.45, 2.75) is 32.6 Å². The van der Waals surface area contributed by atoms with Crippen LogP contribution in [0.3, 0.4) is 0 Å². The fourth-order valence-corrected chi connectivity index (χ4v) is 2.36. The molecule has 1 aromatic rings. The lowest BCUT2D eigenvalue weighted by molar-refractivity contribution is -0.118. The van der Waals surface area contributed by atoms with Gasteiger partial charge in [-0.3, -0.25) is 4.79 Å². The third-order valence-corrected chi connectivity index (χ3v) is 3.14. The Balaban J connectivity index is 2.39. The van der Waals surface area contributed by atoms with Crippen molar-refractivity contribution in [3.8, 4) is 0 Å². The Morgan fingerprint density at radius 2 is 1.94 bits per heavy atom. The largest absolute Gasteiger partial charge is 0.299 e. The van der Waals surface area contributed by atoms with Gasteiger partial charge in [0.1, 0.15) is 5.78 Å². The molecule has 2 rings (SSSR count). The van der Waals surface area contributed by atoms with E-state index < -0.39 is 0 Å². The van der Waals surface area contributed by atoms with Crippen LogP contribution in [0.15, 0.2) is 48.1 Å². The summed E-state index contributed by atoms with van der Waals surface area (Å²) in [7, 11) is 0. The van der Waals surface area contributed by atoms with Crippen molar-refractivity contribution in [2.24, 2.45) is 0 Å². The van der Waals surface area contributed by atoms with Crippen molar-refractivity contribution in [3.63, 3.8) is 0 Å². The van der Waals surface area contributed by atoms with E-state index in [4.69, 9.17) is 0 Å². The molecule has 0 spiro atoms. The molecule has 0 radical (unpaired) electrons. The minimum Gasteiger partial charge on any atom is -0.299 e. The van der Waals surface area contributed by atoms with Gasteiger partial charge in [0.15, 0.2) is 0 Å². The molecule has 0 saturated heterocycles. The maximum absolute atomic E-state index is 11.6. The van der Waals surface area contributed by atoms with E-state index in [1.165, 1.54) is 22.3 Å². The molecule has 0 N–H and O–H groups in total. The van der Waals surface area contributed by atoms with Crippen LogP contribution in [-0.2, 0) is 4.79 Å². The van der Waals surface area contributed by atoms with Crippen LogP contribution in [-0.4, -0.2) is 5.78 Å². The monoisotopic (exact) mass is 226 g/mol. The Morgan fingerprint density at radius 3 is 2.59 bits per heavy atom. The quantitative estimate of drug-likeness (QED) is 0.707. The van der Waals surface area contributed by atoms with Gasteiger partial charge in [0.2, 0.25) is 0 Å². The maximum Gasteiger partial charge on any atom is 0.137 e. The third-order valence-electron chi connectivity index (χ3n) is 3.14. The Kier molecular flexibility index (Phi) is 3.58. The SMILES string of the molecule is C=C(C)CC1=C(c2ccccc2)CC(=O)CC1. The van der Waals surface area contributed by atoms with Crippen molar-refractivity contribution in [1.82, 2.24) is 0 Å². The van der Waals surface area contributed by atoms with Crippen LogP contribution in [0.2, 0.25) is 0 Å². The summed E-state index contributed by atoms with van der Waals surface area (Å²) in [5, 5.41) is 0. The molecular formula is C16H18O. The van der Waals surface area contributed by atoms with Crippen molar-refractivity contribution in [1.29, 1.82) is 0 Å². The summed E-state index contributed by atoms with van der Waals surface area (Å²) in [6.45, 7) is 6.02. The van der Waals surface area contributed by atoms with Crippen LogP contribution in [0.5, 0.6) is 0 Å². The fraction of sp³-hybridized carbons (Fsp3) is 0.312.